The standard InChI is InChI=1S/C47H33N3OSi/c1-52(2)42-25-15-13-23-36(42)40-29-34(27-38(44(40)52)31-18-8-4-9-19-31)47-49-45(32-20-10-5-11-21-32)48-46(50-47)33-26-37(30-16-6-3-7-17-30)43-39(28-33)35-22-12-14-24-41(35)51-43/h3-29H,1-2H3. The van der Waals surface area contributed by atoms with Gasteiger partial charge in [-0.3, -0.25) is 0 Å². The number of hydrogen-bond donors (Lipinski definition) is 0. The first-order valence-electron chi connectivity index (χ1n) is 17.7. The van der Waals surface area contributed by atoms with Crippen LogP contribution in [0.4, 0.5) is 0 Å². The first-order valence-corrected chi connectivity index (χ1v) is 20.7. The number of aromatic nitrogens is 3. The first-order chi connectivity index (χ1) is 25.5. The number of nitrogens with zero attached hydrogens (tertiary/aromatic N) is 3. The molecule has 0 atom stereocenters. The van der Waals surface area contributed by atoms with Gasteiger partial charge < -0.3 is 4.42 Å². The largest absolute Gasteiger partial charge is 0.455 e. The maximum Gasteiger partial charge on any atom is 0.164 e. The van der Waals surface area contributed by atoms with E-state index in [0.29, 0.717) is 17.5 Å². The van der Waals surface area contributed by atoms with E-state index in [2.05, 4.69) is 140 Å². The molecule has 0 N–H and O–H groups in total. The lowest BCUT2D eigenvalue weighted by molar-refractivity contribution is 0.670. The summed E-state index contributed by atoms with van der Waals surface area (Å²) >= 11 is 0. The molecule has 0 amide bonds. The Morgan fingerprint density at radius 2 is 0.904 bits per heavy atom. The average Bonchev–Trinajstić information content (AvgIpc) is 3.70. The fourth-order valence-electron chi connectivity index (χ4n) is 8.04. The van der Waals surface area contributed by atoms with E-state index < -0.39 is 8.07 Å². The molecule has 1 aliphatic rings. The fraction of sp³-hybridized carbons (Fsp3) is 0.0426. The normalized spacial score (nSPS) is 13.0. The zero-order valence-corrected chi connectivity index (χ0v) is 29.8. The molecule has 0 bridgehead atoms. The van der Waals surface area contributed by atoms with E-state index in [1.807, 2.05) is 36.4 Å². The Kier molecular flexibility index (Phi) is 6.91. The number of hydrogen-bond acceptors (Lipinski definition) is 4. The third-order valence-corrected chi connectivity index (χ3v) is 14.1. The molecular formula is C47H33N3OSi. The van der Waals surface area contributed by atoms with Gasteiger partial charge in [0.05, 0.1) is 0 Å². The minimum absolute atomic E-state index is 0.616. The highest BCUT2D eigenvalue weighted by Gasteiger charge is 2.40. The molecule has 2 aromatic heterocycles. The Morgan fingerprint density at radius 1 is 0.404 bits per heavy atom. The lowest BCUT2D eigenvalue weighted by Crippen LogP contribution is -2.50. The quantitative estimate of drug-likeness (QED) is 0.169. The van der Waals surface area contributed by atoms with Gasteiger partial charge in [0.2, 0.25) is 0 Å². The van der Waals surface area contributed by atoms with Gasteiger partial charge in [-0.25, -0.2) is 15.0 Å². The molecule has 0 saturated carbocycles. The third-order valence-electron chi connectivity index (χ3n) is 10.5. The molecule has 10 rings (SSSR count). The van der Waals surface area contributed by atoms with Gasteiger partial charge in [-0.2, -0.15) is 0 Å². The van der Waals surface area contributed by atoms with E-state index in [1.54, 1.807) is 0 Å². The van der Waals surface area contributed by atoms with Gasteiger partial charge in [0.25, 0.3) is 0 Å². The Bertz CT molecular complexity index is 2810. The summed E-state index contributed by atoms with van der Waals surface area (Å²) in [4.78, 5) is 15.7. The maximum absolute atomic E-state index is 6.51. The predicted octanol–water partition coefficient (Wildman–Crippen LogP) is 10.9. The molecule has 0 aliphatic carbocycles. The van der Waals surface area contributed by atoms with Crippen LogP contribution in [0.2, 0.25) is 13.1 Å². The van der Waals surface area contributed by atoms with E-state index in [-0.39, 0.29) is 0 Å². The van der Waals surface area contributed by atoms with Crippen molar-refractivity contribution < 1.29 is 4.42 Å². The molecule has 1 aliphatic heterocycles. The van der Waals surface area contributed by atoms with Crippen molar-refractivity contribution in [3.05, 3.63) is 164 Å². The second-order valence-electron chi connectivity index (χ2n) is 14.0. The van der Waals surface area contributed by atoms with Crippen LogP contribution < -0.4 is 10.4 Å². The van der Waals surface area contributed by atoms with Crippen molar-refractivity contribution in [1.29, 1.82) is 0 Å². The number of furan rings is 1. The van der Waals surface area contributed by atoms with E-state index >= 15 is 0 Å². The molecule has 3 heterocycles. The molecule has 0 saturated heterocycles. The Morgan fingerprint density at radius 3 is 1.60 bits per heavy atom. The minimum Gasteiger partial charge on any atom is -0.455 e. The summed E-state index contributed by atoms with van der Waals surface area (Å²) in [6, 6.07) is 57.5. The van der Waals surface area contributed by atoms with Crippen LogP contribution in [0.3, 0.4) is 0 Å². The molecule has 7 aromatic carbocycles. The van der Waals surface area contributed by atoms with Gasteiger partial charge in [0.15, 0.2) is 17.5 Å². The highest BCUT2D eigenvalue weighted by Crippen LogP contribution is 2.41. The lowest BCUT2D eigenvalue weighted by atomic mass is 9.95. The van der Waals surface area contributed by atoms with Crippen molar-refractivity contribution in [3.63, 3.8) is 0 Å². The van der Waals surface area contributed by atoms with Gasteiger partial charge in [-0.05, 0) is 68.5 Å². The predicted molar refractivity (Wildman–Crippen MR) is 216 cm³/mol. The molecule has 0 fully saturated rings. The van der Waals surface area contributed by atoms with Gasteiger partial charge in [0.1, 0.15) is 19.2 Å². The Hall–Kier alpha value is -6.43. The summed E-state index contributed by atoms with van der Waals surface area (Å²) in [5.74, 6) is 1.90. The minimum atomic E-state index is -2.00. The molecule has 5 heteroatoms. The average molecular weight is 684 g/mol. The topological polar surface area (TPSA) is 51.8 Å². The van der Waals surface area contributed by atoms with E-state index in [9.17, 15) is 0 Å². The summed E-state index contributed by atoms with van der Waals surface area (Å²) in [5, 5.41) is 5.02. The van der Waals surface area contributed by atoms with Gasteiger partial charge in [0, 0.05) is 33.0 Å². The van der Waals surface area contributed by atoms with Crippen LogP contribution in [0.5, 0.6) is 0 Å². The van der Waals surface area contributed by atoms with Crippen molar-refractivity contribution >= 4 is 40.4 Å². The second-order valence-corrected chi connectivity index (χ2v) is 18.3. The number of fused-ring (bicyclic) bond motifs is 6. The third kappa shape index (κ3) is 4.85. The van der Waals surface area contributed by atoms with Crippen molar-refractivity contribution in [2.24, 2.45) is 0 Å². The zero-order chi connectivity index (χ0) is 34.8. The molecule has 4 nitrogen and oxygen atoms in total. The van der Waals surface area contributed by atoms with Crippen molar-refractivity contribution in [2.45, 2.75) is 13.1 Å². The Balaban J connectivity index is 1.26. The smallest absolute Gasteiger partial charge is 0.164 e. The summed E-state index contributed by atoms with van der Waals surface area (Å²) in [6.45, 7) is 4.94. The van der Waals surface area contributed by atoms with Crippen molar-refractivity contribution in [1.82, 2.24) is 15.0 Å². The molecular weight excluding hydrogens is 651 g/mol. The SMILES string of the molecule is C[Si]1(C)c2ccccc2-c2cc(-c3nc(-c4ccccc4)nc(-c4cc(-c5ccccc5)c5oc6ccccc6c5c4)n3)cc(-c3ccccc3)c21. The highest BCUT2D eigenvalue weighted by atomic mass is 28.3. The number of benzene rings is 7. The van der Waals surface area contributed by atoms with Crippen molar-refractivity contribution in [2.75, 3.05) is 0 Å². The van der Waals surface area contributed by atoms with E-state index in [0.717, 1.165) is 49.8 Å². The van der Waals surface area contributed by atoms with Crippen LogP contribution in [0.15, 0.2) is 168 Å². The van der Waals surface area contributed by atoms with Crippen LogP contribution in [0.25, 0.3) is 89.5 Å². The molecule has 0 unspecified atom stereocenters. The van der Waals surface area contributed by atoms with E-state index in [1.165, 1.54) is 32.6 Å². The van der Waals surface area contributed by atoms with E-state index in [4.69, 9.17) is 19.4 Å². The highest BCUT2D eigenvalue weighted by molar-refractivity contribution is 7.04. The first kappa shape index (κ1) is 30.4. The summed E-state index contributed by atoms with van der Waals surface area (Å²) < 4.78 is 6.51. The molecule has 0 spiro atoms. The van der Waals surface area contributed by atoms with Gasteiger partial charge >= 0.3 is 0 Å². The number of rotatable bonds is 5. The maximum atomic E-state index is 6.51. The summed E-state index contributed by atoms with van der Waals surface area (Å²) in [5.41, 5.74) is 11.6. The monoisotopic (exact) mass is 683 g/mol. The fourth-order valence-corrected chi connectivity index (χ4v) is 11.5. The van der Waals surface area contributed by atoms with Crippen LogP contribution >= 0.6 is 0 Å². The van der Waals surface area contributed by atoms with Gasteiger partial charge in [-0.1, -0.05) is 147 Å². The summed E-state index contributed by atoms with van der Waals surface area (Å²) in [6.07, 6.45) is 0. The Labute approximate surface area is 303 Å². The summed E-state index contributed by atoms with van der Waals surface area (Å²) in [7, 11) is -2.00. The van der Waals surface area contributed by atoms with Crippen LogP contribution in [-0.2, 0) is 0 Å². The molecule has 246 valence electrons. The van der Waals surface area contributed by atoms with Crippen LogP contribution in [-0.4, -0.2) is 23.0 Å². The lowest BCUT2D eigenvalue weighted by Gasteiger charge is -2.23. The van der Waals surface area contributed by atoms with Crippen molar-refractivity contribution in [3.8, 4) is 67.5 Å². The number of para-hydroxylation sites is 1. The second kappa shape index (κ2) is 11.8. The zero-order valence-electron chi connectivity index (χ0n) is 28.8. The molecule has 9 aromatic rings. The van der Waals surface area contributed by atoms with Gasteiger partial charge in [-0.15, -0.1) is 0 Å². The van der Waals surface area contributed by atoms with Crippen LogP contribution in [0.1, 0.15) is 0 Å². The molecule has 52 heavy (non-hydrogen) atoms. The molecule has 0 radical (unpaired) electrons. The van der Waals surface area contributed by atoms with Crippen LogP contribution in [0, 0.1) is 0 Å².